The molecule has 132 valence electrons. The van der Waals surface area contributed by atoms with E-state index in [0.717, 1.165) is 0 Å². The molecular formula is C15H23N5O4. The minimum atomic E-state index is -0.488. The lowest BCUT2D eigenvalue weighted by Gasteiger charge is -2.37. The summed E-state index contributed by atoms with van der Waals surface area (Å²) in [5.74, 6) is -0.441. The monoisotopic (exact) mass is 337 g/mol. The molecule has 9 heteroatoms. The van der Waals surface area contributed by atoms with Crippen molar-refractivity contribution in [2.45, 2.75) is 39.0 Å². The molecule has 3 heterocycles. The maximum Gasteiger partial charge on any atom is 0.244 e. The molecule has 2 amide bonds. The number of amides is 2. The maximum absolute atomic E-state index is 12.4. The fourth-order valence-electron chi connectivity index (χ4n) is 2.82. The molecule has 1 aromatic heterocycles. The Hall–Kier alpha value is -2.00. The highest BCUT2D eigenvalue weighted by Gasteiger charge is 2.40. The molecule has 1 spiro atoms. The van der Waals surface area contributed by atoms with Crippen LogP contribution in [0.25, 0.3) is 0 Å². The van der Waals surface area contributed by atoms with Crippen molar-refractivity contribution >= 4 is 17.6 Å². The molecule has 2 saturated heterocycles. The summed E-state index contributed by atoms with van der Waals surface area (Å²) in [5.41, 5.74) is 0. The quantitative estimate of drug-likeness (QED) is 0.845. The number of piperidine rings is 1. The summed E-state index contributed by atoms with van der Waals surface area (Å²) in [5, 5.41) is 10.4. The number of rotatable bonds is 4. The van der Waals surface area contributed by atoms with Crippen LogP contribution in [0.2, 0.25) is 0 Å². The lowest BCUT2D eigenvalue weighted by molar-refractivity contribution is -0.187. The Bertz CT molecular complexity index is 599. The number of ether oxygens (including phenoxy) is 2. The number of nitrogens with zero attached hydrogens (tertiary/aromatic N) is 4. The number of carbonyl (C=O) groups excluding carboxylic acids is 2. The SMILES string of the molecule is CC(C)C(=O)Nc1cn(CC(=O)N2CCC3(CC2)OCCO3)nn1. The number of likely N-dealkylation sites (tertiary alicyclic amines) is 1. The Labute approximate surface area is 140 Å². The van der Waals surface area contributed by atoms with Crippen molar-refractivity contribution in [3.63, 3.8) is 0 Å². The zero-order chi connectivity index (χ0) is 17.2. The second-order valence-corrected chi connectivity index (χ2v) is 6.43. The van der Waals surface area contributed by atoms with Crippen LogP contribution in [0.5, 0.6) is 0 Å². The smallest absolute Gasteiger partial charge is 0.244 e. The van der Waals surface area contributed by atoms with Crippen LogP contribution in [0, 0.1) is 5.92 Å². The second-order valence-electron chi connectivity index (χ2n) is 6.43. The molecule has 0 atom stereocenters. The van der Waals surface area contributed by atoms with Crippen LogP contribution in [0.1, 0.15) is 26.7 Å². The first kappa shape index (κ1) is 16.8. The van der Waals surface area contributed by atoms with E-state index in [9.17, 15) is 9.59 Å². The van der Waals surface area contributed by atoms with Gasteiger partial charge in [-0.25, -0.2) is 4.68 Å². The van der Waals surface area contributed by atoms with Gasteiger partial charge < -0.3 is 19.7 Å². The normalized spacial score (nSPS) is 19.9. The second kappa shape index (κ2) is 6.86. The fourth-order valence-corrected chi connectivity index (χ4v) is 2.82. The van der Waals surface area contributed by atoms with Crippen LogP contribution in [0.3, 0.4) is 0 Å². The number of hydrogen-bond acceptors (Lipinski definition) is 6. The van der Waals surface area contributed by atoms with Gasteiger partial charge in [0.25, 0.3) is 0 Å². The molecule has 0 unspecified atom stereocenters. The van der Waals surface area contributed by atoms with Gasteiger partial charge in [-0.1, -0.05) is 19.1 Å². The third-order valence-electron chi connectivity index (χ3n) is 4.30. The average Bonchev–Trinajstić information content (AvgIpc) is 3.18. The predicted molar refractivity (Wildman–Crippen MR) is 83.9 cm³/mol. The number of hydrogen-bond donors (Lipinski definition) is 1. The van der Waals surface area contributed by atoms with Gasteiger partial charge in [0.05, 0.1) is 19.4 Å². The lowest BCUT2D eigenvalue weighted by Crippen LogP contribution is -2.48. The minimum absolute atomic E-state index is 0.0329. The summed E-state index contributed by atoms with van der Waals surface area (Å²) in [7, 11) is 0. The van der Waals surface area contributed by atoms with Gasteiger partial charge >= 0.3 is 0 Å². The highest BCUT2D eigenvalue weighted by atomic mass is 16.7. The van der Waals surface area contributed by atoms with Crippen molar-refractivity contribution < 1.29 is 19.1 Å². The maximum atomic E-state index is 12.4. The first-order valence-electron chi connectivity index (χ1n) is 8.24. The number of anilines is 1. The molecule has 24 heavy (non-hydrogen) atoms. The van der Waals surface area contributed by atoms with Crippen molar-refractivity contribution in [3.8, 4) is 0 Å². The minimum Gasteiger partial charge on any atom is -0.347 e. The molecule has 0 bridgehead atoms. The molecule has 0 aliphatic carbocycles. The summed E-state index contributed by atoms with van der Waals surface area (Å²) in [4.78, 5) is 25.8. The summed E-state index contributed by atoms with van der Waals surface area (Å²) < 4.78 is 12.8. The van der Waals surface area contributed by atoms with Gasteiger partial charge in [-0.3, -0.25) is 9.59 Å². The van der Waals surface area contributed by atoms with Crippen molar-refractivity contribution in [2.75, 3.05) is 31.6 Å². The number of aromatic nitrogens is 3. The van der Waals surface area contributed by atoms with E-state index in [4.69, 9.17) is 9.47 Å². The Kier molecular flexibility index (Phi) is 4.81. The Balaban J connectivity index is 1.50. The van der Waals surface area contributed by atoms with Crippen molar-refractivity contribution in [3.05, 3.63) is 6.20 Å². The highest BCUT2D eigenvalue weighted by molar-refractivity contribution is 5.90. The van der Waals surface area contributed by atoms with Crippen LogP contribution in [0.15, 0.2) is 6.20 Å². The van der Waals surface area contributed by atoms with Crippen molar-refractivity contribution in [2.24, 2.45) is 5.92 Å². The van der Waals surface area contributed by atoms with Gasteiger partial charge in [-0.05, 0) is 0 Å². The number of carbonyl (C=O) groups is 2. The highest BCUT2D eigenvalue weighted by Crippen LogP contribution is 2.31. The third-order valence-corrected chi connectivity index (χ3v) is 4.30. The van der Waals surface area contributed by atoms with Gasteiger partial charge in [0.2, 0.25) is 11.8 Å². The Morgan fingerprint density at radius 2 is 1.96 bits per heavy atom. The molecule has 2 aliphatic heterocycles. The van der Waals surface area contributed by atoms with E-state index in [1.165, 1.54) is 4.68 Å². The largest absolute Gasteiger partial charge is 0.347 e. The van der Waals surface area contributed by atoms with Crippen LogP contribution < -0.4 is 5.32 Å². The van der Waals surface area contributed by atoms with Crippen LogP contribution >= 0.6 is 0 Å². The molecule has 0 radical (unpaired) electrons. The average molecular weight is 337 g/mol. The van der Waals surface area contributed by atoms with E-state index in [2.05, 4.69) is 15.6 Å². The molecule has 2 fully saturated rings. The van der Waals surface area contributed by atoms with E-state index < -0.39 is 5.79 Å². The van der Waals surface area contributed by atoms with E-state index in [-0.39, 0.29) is 24.3 Å². The molecule has 9 nitrogen and oxygen atoms in total. The van der Waals surface area contributed by atoms with Crippen molar-refractivity contribution in [1.29, 1.82) is 0 Å². The fraction of sp³-hybridized carbons (Fsp3) is 0.733. The molecule has 3 rings (SSSR count). The van der Waals surface area contributed by atoms with Gasteiger partial charge in [-0.15, -0.1) is 5.10 Å². The zero-order valence-electron chi connectivity index (χ0n) is 14.0. The standard InChI is InChI=1S/C15H23N5O4/c1-11(2)14(22)16-12-9-20(18-17-12)10-13(21)19-5-3-15(4-6-19)23-7-8-24-15/h9,11H,3-8,10H2,1-2H3,(H,16,22). The molecule has 0 aromatic carbocycles. The first-order chi connectivity index (χ1) is 11.5. The topological polar surface area (TPSA) is 98.6 Å². The summed E-state index contributed by atoms with van der Waals surface area (Å²) in [6.07, 6.45) is 2.93. The molecule has 0 saturated carbocycles. The predicted octanol–water partition coefficient (Wildman–Crippen LogP) is 0.238. The van der Waals surface area contributed by atoms with Crippen LogP contribution in [-0.2, 0) is 25.6 Å². The number of nitrogens with one attached hydrogen (secondary N) is 1. The third kappa shape index (κ3) is 3.73. The lowest BCUT2D eigenvalue weighted by atomic mass is 10.0. The van der Waals surface area contributed by atoms with E-state index in [1.54, 1.807) is 24.9 Å². The summed E-state index contributed by atoms with van der Waals surface area (Å²) in [6.45, 7) is 6.14. The molecular weight excluding hydrogens is 314 g/mol. The van der Waals surface area contributed by atoms with E-state index >= 15 is 0 Å². The van der Waals surface area contributed by atoms with Crippen molar-refractivity contribution in [1.82, 2.24) is 19.9 Å². The Morgan fingerprint density at radius 3 is 2.58 bits per heavy atom. The molecule has 2 aliphatic rings. The van der Waals surface area contributed by atoms with E-state index in [1.807, 2.05) is 0 Å². The Morgan fingerprint density at radius 1 is 1.29 bits per heavy atom. The van der Waals surface area contributed by atoms with E-state index in [0.29, 0.717) is 45.0 Å². The summed E-state index contributed by atoms with van der Waals surface area (Å²) in [6, 6.07) is 0. The summed E-state index contributed by atoms with van der Waals surface area (Å²) >= 11 is 0. The molecule has 1 N–H and O–H groups in total. The zero-order valence-corrected chi connectivity index (χ0v) is 14.0. The van der Waals surface area contributed by atoms with Crippen LogP contribution in [-0.4, -0.2) is 63.8 Å². The van der Waals surface area contributed by atoms with Gasteiger partial charge in [-0.2, -0.15) is 0 Å². The van der Waals surface area contributed by atoms with Gasteiger partial charge in [0, 0.05) is 31.8 Å². The van der Waals surface area contributed by atoms with Crippen LogP contribution in [0.4, 0.5) is 5.82 Å². The van der Waals surface area contributed by atoms with Gasteiger partial charge in [0.15, 0.2) is 11.6 Å². The first-order valence-corrected chi connectivity index (χ1v) is 8.24. The van der Waals surface area contributed by atoms with Gasteiger partial charge in [0.1, 0.15) is 6.54 Å². The molecule has 1 aromatic rings.